The van der Waals surface area contributed by atoms with E-state index in [0.29, 0.717) is 11.3 Å². The zero-order valence-corrected chi connectivity index (χ0v) is 13.3. The van der Waals surface area contributed by atoms with Crippen molar-refractivity contribution in [3.8, 4) is 5.69 Å². The van der Waals surface area contributed by atoms with Gasteiger partial charge in [0.1, 0.15) is 12.4 Å². The topological polar surface area (TPSA) is 59.4 Å². The van der Waals surface area contributed by atoms with Crippen LogP contribution >= 0.6 is 0 Å². The number of nitrogens with zero attached hydrogens (tertiary/aromatic N) is 3. The molecule has 2 heterocycles. The lowest BCUT2D eigenvalue weighted by Crippen LogP contribution is -2.45. The summed E-state index contributed by atoms with van der Waals surface area (Å²) in [4.78, 5) is 16.9. The van der Waals surface area contributed by atoms with Gasteiger partial charge in [-0.2, -0.15) is 0 Å². The second-order valence-electron chi connectivity index (χ2n) is 5.74. The van der Waals surface area contributed by atoms with Crippen molar-refractivity contribution in [2.75, 3.05) is 26.3 Å². The van der Waals surface area contributed by atoms with E-state index >= 15 is 0 Å². The smallest absolute Gasteiger partial charge is 0.317 e. The minimum Gasteiger partial charge on any atom is -0.373 e. The molecule has 3 rings (SSSR count). The molecule has 1 aliphatic rings. The lowest BCUT2D eigenvalue weighted by molar-refractivity contribution is -0.0652. The molecule has 1 aromatic heterocycles. The van der Waals surface area contributed by atoms with Gasteiger partial charge in [0.05, 0.1) is 25.2 Å². The largest absolute Gasteiger partial charge is 0.373 e. The van der Waals surface area contributed by atoms with Crippen molar-refractivity contribution >= 4 is 6.03 Å². The maximum Gasteiger partial charge on any atom is 0.317 e. The van der Waals surface area contributed by atoms with Crippen molar-refractivity contribution in [2.24, 2.45) is 0 Å². The molecule has 2 amide bonds. The molecule has 9 heteroatoms. The minimum absolute atomic E-state index is 0.0306. The molecule has 0 saturated carbocycles. The molecule has 0 aliphatic carbocycles. The van der Waals surface area contributed by atoms with Gasteiger partial charge in [-0.1, -0.05) is 6.07 Å². The Kier molecular flexibility index (Phi) is 4.93. The number of amides is 2. The SMILES string of the molecule is O=C(NCc1ccc(-n2ccnc2)c(F)c1)N1CCOCC(F)(F)C1. The fourth-order valence-corrected chi connectivity index (χ4v) is 2.53. The van der Waals surface area contributed by atoms with E-state index in [-0.39, 0.29) is 19.7 Å². The number of alkyl halides is 2. The molecule has 1 aromatic carbocycles. The van der Waals surface area contributed by atoms with Gasteiger partial charge in [0.15, 0.2) is 0 Å². The van der Waals surface area contributed by atoms with Crippen molar-refractivity contribution < 1.29 is 22.7 Å². The van der Waals surface area contributed by atoms with Crippen LogP contribution in [0.15, 0.2) is 36.9 Å². The lowest BCUT2D eigenvalue weighted by atomic mass is 10.2. The third-order valence-corrected chi connectivity index (χ3v) is 3.77. The van der Waals surface area contributed by atoms with Crippen LogP contribution in [0, 0.1) is 5.82 Å². The van der Waals surface area contributed by atoms with E-state index < -0.39 is 30.9 Å². The highest BCUT2D eigenvalue weighted by molar-refractivity contribution is 5.74. The van der Waals surface area contributed by atoms with Crippen LogP contribution in [0.2, 0.25) is 0 Å². The van der Waals surface area contributed by atoms with Gasteiger partial charge in [-0.05, 0) is 17.7 Å². The first-order valence-electron chi connectivity index (χ1n) is 7.70. The lowest BCUT2D eigenvalue weighted by Gasteiger charge is -2.23. The van der Waals surface area contributed by atoms with Gasteiger partial charge in [-0.3, -0.25) is 0 Å². The van der Waals surface area contributed by atoms with E-state index in [2.05, 4.69) is 10.3 Å². The molecule has 0 spiro atoms. The molecular weight excluding hydrogens is 337 g/mol. The second-order valence-corrected chi connectivity index (χ2v) is 5.74. The number of carbonyl (C=O) groups excluding carboxylic acids is 1. The zero-order valence-electron chi connectivity index (χ0n) is 13.3. The first kappa shape index (κ1) is 17.3. The van der Waals surface area contributed by atoms with Crippen molar-refractivity contribution in [2.45, 2.75) is 12.5 Å². The minimum atomic E-state index is -3.08. The molecule has 0 bridgehead atoms. The molecule has 1 fully saturated rings. The second kappa shape index (κ2) is 7.14. The number of halogens is 3. The first-order valence-corrected chi connectivity index (χ1v) is 7.70. The van der Waals surface area contributed by atoms with E-state index in [0.717, 1.165) is 4.90 Å². The highest BCUT2D eigenvalue weighted by Gasteiger charge is 2.36. The molecule has 25 heavy (non-hydrogen) atoms. The Balaban J connectivity index is 1.61. The van der Waals surface area contributed by atoms with Crippen LogP contribution < -0.4 is 5.32 Å². The third-order valence-electron chi connectivity index (χ3n) is 3.77. The van der Waals surface area contributed by atoms with E-state index in [1.54, 1.807) is 18.3 Å². The van der Waals surface area contributed by atoms with Gasteiger partial charge in [0.25, 0.3) is 5.92 Å². The number of imidazole rings is 1. The molecule has 6 nitrogen and oxygen atoms in total. The van der Waals surface area contributed by atoms with E-state index in [9.17, 15) is 18.0 Å². The Morgan fingerprint density at radius 2 is 2.24 bits per heavy atom. The number of hydrogen-bond acceptors (Lipinski definition) is 3. The number of urea groups is 1. The van der Waals surface area contributed by atoms with Crippen molar-refractivity contribution in [1.29, 1.82) is 0 Å². The highest BCUT2D eigenvalue weighted by Crippen LogP contribution is 2.19. The fraction of sp³-hybridized carbons (Fsp3) is 0.375. The molecule has 1 aliphatic heterocycles. The van der Waals surface area contributed by atoms with Gasteiger partial charge in [-0.25, -0.2) is 22.9 Å². The standard InChI is InChI=1S/C16H17F3N4O2/c17-13-7-12(1-2-14(13)23-4-3-20-11-23)8-21-15(24)22-5-6-25-10-16(18,19)9-22/h1-4,7,11H,5-6,8-10H2,(H,21,24). The molecule has 134 valence electrons. The van der Waals surface area contributed by atoms with Gasteiger partial charge in [0, 0.05) is 25.5 Å². The summed E-state index contributed by atoms with van der Waals surface area (Å²) in [5.74, 6) is -3.55. The normalized spacial score (nSPS) is 17.2. The number of hydrogen-bond donors (Lipinski definition) is 1. The average molecular weight is 354 g/mol. The summed E-state index contributed by atoms with van der Waals surface area (Å²) in [7, 11) is 0. The maximum atomic E-state index is 14.2. The number of rotatable bonds is 3. The van der Waals surface area contributed by atoms with Gasteiger partial charge in [-0.15, -0.1) is 0 Å². The Morgan fingerprint density at radius 3 is 2.96 bits per heavy atom. The number of ether oxygens (including phenoxy) is 1. The average Bonchev–Trinajstić information content (AvgIpc) is 3.03. The van der Waals surface area contributed by atoms with Crippen LogP contribution in [0.3, 0.4) is 0 Å². The summed E-state index contributed by atoms with van der Waals surface area (Å²) in [6, 6.07) is 3.87. The van der Waals surface area contributed by atoms with Crippen LogP contribution in [0.5, 0.6) is 0 Å². The summed E-state index contributed by atoms with van der Waals surface area (Å²) in [6.07, 6.45) is 4.62. The van der Waals surface area contributed by atoms with E-state index in [4.69, 9.17) is 4.74 Å². The quantitative estimate of drug-likeness (QED) is 0.919. The number of nitrogens with one attached hydrogen (secondary N) is 1. The van der Waals surface area contributed by atoms with E-state index in [1.807, 2.05) is 0 Å². The molecule has 0 atom stereocenters. The monoisotopic (exact) mass is 354 g/mol. The van der Waals surface area contributed by atoms with Crippen LogP contribution in [-0.4, -0.2) is 52.7 Å². The van der Waals surface area contributed by atoms with Crippen molar-refractivity contribution in [1.82, 2.24) is 19.8 Å². The summed E-state index contributed by atoms with van der Waals surface area (Å²) >= 11 is 0. The number of aromatic nitrogens is 2. The highest BCUT2D eigenvalue weighted by atomic mass is 19.3. The Bertz CT molecular complexity index is 737. The summed E-state index contributed by atoms with van der Waals surface area (Å²) in [5, 5.41) is 2.53. The van der Waals surface area contributed by atoms with E-state index in [1.165, 1.54) is 23.2 Å². The molecule has 2 aromatic rings. The number of carbonyl (C=O) groups is 1. The first-order chi connectivity index (χ1) is 11.9. The predicted octanol–water partition coefficient (Wildman–Crippen LogP) is 2.19. The Morgan fingerprint density at radius 1 is 1.40 bits per heavy atom. The van der Waals surface area contributed by atoms with Gasteiger partial charge >= 0.3 is 6.03 Å². The summed E-state index contributed by atoms with van der Waals surface area (Å²) < 4.78 is 47.4. The van der Waals surface area contributed by atoms with Crippen LogP contribution in [0.25, 0.3) is 5.69 Å². The van der Waals surface area contributed by atoms with Gasteiger partial charge < -0.3 is 19.5 Å². The fourth-order valence-electron chi connectivity index (χ4n) is 2.53. The summed E-state index contributed by atoms with van der Waals surface area (Å²) in [6.45, 7) is -1.24. The summed E-state index contributed by atoms with van der Waals surface area (Å²) in [5.41, 5.74) is 0.851. The Hall–Kier alpha value is -2.55. The number of benzene rings is 1. The van der Waals surface area contributed by atoms with Crippen molar-refractivity contribution in [3.63, 3.8) is 0 Å². The molecule has 0 unspecified atom stereocenters. The van der Waals surface area contributed by atoms with Crippen LogP contribution in [0.4, 0.5) is 18.0 Å². The van der Waals surface area contributed by atoms with Crippen molar-refractivity contribution in [3.05, 3.63) is 48.3 Å². The van der Waals surface area contributed by atoms with Gasteiger partial charge in [0.2, 0.25) is 0 Å². The van der Waals surface area contributed by atoms with Crippen LogP contribution in [-0.2, 0) is 11.3 Å². The molecule has 1 N–H and O–H groups in total. The molecule has 1 saturated heterocycles. The predicted molar refractivity (Wildman–Crippen MR) is 83.1 cm³/mol. The van der Waals surface area contributed by atoms with Crippen LogP contribution in [0.1, 0.15) is 5.56 Å². The zero-order chi connectivity index (χ0) is 17.9. The Labute approximate surface area is 142 Å². The molecule has 0 radical (unpaired) electrons. The molecular formula is C16H17F3N4O2. The maximum absolute atomic E-state index is 14.2. The third kappa shape index (κ3) is 4.30.